The van der Waals surface area contributed by atoms with Gasteiger partial charge in [-0.2, -0.15) is 0 Å². The number of urea groups is 1. The zero-order valence-electron chi connectivity index (χ0n) is 13.0. The van der Waals surface area contributed by atoms with Crippen LogP contribution >= 0.6 is 0 Å². The Labute approximate surface area is 123 Å². The van der Waals surface area contributed by atoms with Gasteiger partial charge >= 0.3 is 6.03 Å². The Bertz CT molecular complexity index is 307. The van der Waals surface area contributed by atoms with Gasteiger partial charge in [-0.1, -0.05) is 32.6 Å². The average molecular weight is 281 g/mol. The molecule has 0 aromatic carbocycles. The van der Waals surface area contributed by atoms with Crippen molar-refractivity contribution in [2.75, 3.05) is 13.1 Å². The van der Waals surface area contributed by atoms with Gasteiger partial charge in [0.15, 0.2) is 0 Å². The van der Waals surface area contributed by atoms with Crippen molar-refractivity contribution >= 4 is 6.03 Å². The molecule has 3 N–H and O–H groups in total. The zero-order valence-corrected chi connectivity index (χ0v) is 13.0. The summed E-state index contributed by atoms with van der Waals surface area (Å²) in [5, 5.41) is 3.21. The van der Waals surface area contributed by atoms with Crippen LogP contribution in [0.15, 0.2) is 0 Å². The van der Waals surface area contributed by atoms with Gasteiger partial charge in [0.25, 0.3) is 0 Å². The molecule has 2 fully saturated rings. The summed E-state index contributed by atoms with van der Waals surface area (Å²) in [7, 11) is 0. The molecule has 4 heteroatoms. The molecule has 116 valence electrons. The van der Waals surface area contributed by atoms with Crippen LogP contribution in [-0.2, 0) is 0 Å². The molecule has 0 heterocycles. The van der Waals surface area contributed by atoms with Crippen molar-refractivity contribution in [2.45, 2.75) is 82.7 Å². The largest absolute Gasteiger partial charge is 0.335 e. The van der Waals surface area contributed by atoms with Gasteiger partial charge in [0, 0.05) is 19.1 Å². The maximum atomic E-state index is 12.7. The first-order valence-corrected chi connectivity index (χ1v) is 8.50. The van der Waals surface area contributed by atoms with Crippen molar-refractivity contribution in [3.63, 3.8) is 0 Å². The Kier molecular flexibility index (Phi) is 5.70. The van der Waals surface area contributed by atoms with Gasteiger partial charge in [-0.3, -0.25) is 0 Å². The number of nitrogens with zero attached hydrogens (tertiary/aromatic N) is 1. The van der Waals surface area contributed by atoms with E-state index in [2.05, 4.69) is 17.1 Å². The minimum Gasteiger partial charge on any atom is -0.335 e. The number of amides is 2. The van der Waals surface area contributed by atoms with Crippen LogP contribution in [0.25, 0.3) is 0 Å². The van der Waals surface area contributed by atoms with Crippen molar-refractivity contribution in [3.05, 3.63) is 0 Å². The van der Waals surface area contributed by atoms with E-state index in [1.807, 2.05) is 0 Å². The minimum atomic E-state index is -0.0969. The first kappa shape index (κ1) is 15.6. The van der Waals surface area contributed by atoms with E-state index in [9.17, 15) is 4.79 Å². The number of hydrogen-bond donors (Lipinski definition) is 2. The predicted molar refractivity (Wildman–Crippen MR) is 82.7 cm³/mol. The molecule has 2 amide bonds. The van der Waals surface area contributed by atoms with E-state index in [-0.39, 0.29) is 11.6 Å². The lowest BCUT2D eigenvalue weighted by molar-refractivity contribution is 0.0973. The fourth-order valence-electron chi connectivity index (χ4n) is 3.55. The highest BCUT2D eigenvalue weighted by molar-refractivity contribution is 5.75. The summed E-state index contributed by atoms with van der Waals surface area (Å²) >= 11 is 0. The van der Waals surface area contributed by atoms with Crippen molar-refractivity contribution in [1.29, 1.82) is 0 Å². The molecular weight excluding hydrogens is 250 g/mol. The summed E-state index contributed by atoms with van der Waals surface area (Å²) in [6.07, 6.45) is 11.6. The topological polar surface area (TPSA) is 58.4 Å². The summed E-state index contributed by atoms with van der Waals surface area (Å²) in [5.74, 6) is 0. The van der Waals surface area contributed by atoms with Crippen LogP contribution in [0.2, 0.25) is 0 Å². The van der Waals surface area contributed by atoms with E-state index < -0.39 is 0 Å². The lowest BCUT2D eigenvalue weighted by Crippen LogP contribution is -2.60. The Balaban J connectivity index is 2.07. The van der Waals surface area contributed by atoms with Crippen LogP contribution in [0, 0.1) is 0 Å². The molecular formula is C16H31N3O. The van der Waals surface area contributed by atoms with Crippen molar-refractivity contribution in [3.8, 4) is 0 Å². The second kappa shape index (κ2) is 7.30. The molecule has 0 bridgehead atoms. The Morgan fingerprint density at radius 2 is 1.85 bits per heavy atom. The van der Waals surface area contributed by atoms with Gasteiger partial charge in [-0.15, -0.1) is 0 Å². The van der Waals surface area contributed by atoms with E-state index in [1.54, 1.807) is 0 Å². The van der Waals surface area contributed by atoms with Gasteiger partial charge in [-0.25, -0.2) is 4.79 Å². The van der Waals surface area contributed by atoms with Crippen LogP contribution < -0.4 is 11.1 Å². The molecule has 2 aliphatic carbocycles. The third-order valence-electron chi connectivity index (χ3n) is 5.11. The van der Waals surface area contributed by atoms with Gasteiger partial charge in [0.2, 0.25) is 0 Å². The predicted octanol–water partition coefficient (Wildman–Crippen LogP) is 3.01. The average Bonchev–Trinajstić information content (AvgIpc) is 2.66. The van der Waals surface area contributed by atoms with E-state index in [4.69, 9.17) is 5.73 Å². The number of nitrogens with one attached hydrogen (secondary N) is 1. The van der Waals surface area contributed by atoms with Crippen molar-refractivity contribution in [2.24, 2.45) is 5.73 Å². The number of hydrogen-bond acceptors (Lipinski definition) is 2. The summed E-state index contributed by atoms with van der Waals surface area (Å²) in [5.41, 5.74) is 6.04. The molecule has 0 radical (unpaired) electrons. The molecule has 2 rings (SSSR count). The van der Waals surface area contributed by atoms with Gasteiger partial charge < -0.3 is 16.0 Å². The minimum absolute atomic E-state index is 0.0969. The second-order valence-electron chi connectivity index (χ2n) is 6.57. The molecule has 2 aliphatic rings. The third kappa shape index (κ3) is 3.46. The Hall–Kier alpha value is -0.770. The molecule has 0 spiro atoms. The molecule has 0 aromatic heterocycles. The van der Waals surface area contributed by atoms with Crippen LogP contribution in [0.3, 0.4) is 0 Å². The highest BCUT2D eigenvalue weighted by atomic mass is 16.2. The molecule has 2 saturated carbocycles. The monoisotopic (exact) mass is 281 g/mol. The van der Waals surface area contributed by atoms with E-state index in [1.165, 1.54) is 32.1 Å². The van der Waals surface area contributed by atoms with E-state index in [0.29, 0.717) is 12.6 Å². The quantitative estimate of drug-likeness (QED) is 0.761. The molecule has 4 nitrogen and oxygen atoms in total. The molecule has 0 saturated heterocycles. The Morgan fingerprint density at radius 3 is 2.30 bits per heavy atom. The van der Waals surface area contributed by atoms with E-state index >= 15 is 0 Å². The molecule has 20 heavy (non-hydrogen) atoms. The maximum absolute atomic E-state index is 12.7. The second-order valence-corrected chi connectivity index (χ2v) is 6.57. The van der Waals surface area contributed by atoms with Gasteiger partial charge in [0.05, 0.1) is 5.54 Å². The summed E-state index contributed by atoms with van der Waals surface area (Å²) in [6.45, 7) is 3.57. The van der Waals surface area contributed by atoms with Gasteiger partial charge in [-0.05, 0) is 38.5 Å². The van der Waals surface area contributed by atoms with Crippen LogP contribution in [0.4, 0.5) is 4.79 Å². The van der Waals surface area contributed by atoms with E-state index in [0.717, 1.165) is 38.6 Å². The summed E-state index contributed by atoms with van der Waals surface area (Å²) in [4.78, 5) is 14.8. The standard InChI is InChI=1S/C16H31N3O/c1-2-12-19(15(20)18-14-8-7-9-14)16(13-17)10-5-3-4-6-11-16/h14H,2-13,17H2,1H3,(H,18,20). The number of rotatable bonds is 5. The summed E-state index contributed by atoms with van der Waals surface area (Å²) in [6, 6.07) is 0.534. The van der Waals surface area contributed by atoms with Crippen LogP contribution in [0.1, 0.15) is 71.1 Å². The molecule has 0 unspecified atom stereocenters. The highest BCUT2D eigenvalue weighted by Crippen LogP contribution is 2.32. The molecule has 0 aliphatic heterocycles. The molecule has 0 atom stereocenters. The maximum Gasteiger partial charge on any atom is 0.318 e. The smallest absolute Gasteiger partial charge is 0.318 e. The first-order valence-electron chi connectivity index (χ1n) is 8.50. The number of carbonyl (C=O) groups is 1. The third-order valence-corrected chi connectivity index (χ3v) is 5.11. The highest BCUT2D eigenvalue weighted by Gasteiger charge is 2.39. The normalized spacial score (nSPS) is 22.7. The number of nitrogens with two attached hydrogens (primary N) is 1. The zero-order chi connectivity index (χ0) is 14.4. The van der Waals surface area contributed by atoms with Crippen molar-refractivity contribution < 1.29 is 4.79 Å². The van der Waals surface area contributed by atoms with Crippen molar-refractivity contribution in [1.82, 2.24) is 10.2 Å². The van der Waals surface area contributed by atoms with Gasteiger partial charge in [0.1, 0.15) is 0 Å². The lowest BCUT2D eigenvalue weighted by atomic mass is 9.87. The molecule has 0 aromatic rings. The summed E-state index contributed by atoms with van der Waals surface area (Å²) < 4.78 is 0. The first-order chi connectivity index (χ1) is 9.72. The fourth-order valence-corrected chi connectivity index (χ4v) is 3.55. The lowest BCUT2D eigenvalue weighted by Gasteiger charge is -2.44. The Morgan fingerprint density at radius 1 is 1.20 bits per heavy atom. The van der Waals surface area contributed by atoms with Crippen LogP contribution in [0.5, 0.6) is 0 Å². The number of carbonyl (C=O) groups excluding carboxylic acids is 1. The SMILES string of the molecule is CCCN(C(=O)NC1CCC1)C1(CN)CCCCCC1. The van der Waals surface area contributed by atoms with Crippen LogP contribution in [-0.4, -0.2) is 35.6 Å². The fraction of sp³-hybridized carbons (Fsp3) is 0.938.